The van der Waals surface area contributed by atoms with Crippen molar-refractivity contribution in [2.75, 3.05) is 5.32 Å². The number of aryl methyl sites for hydroxylation is 1. The molecule has 0 unspecified atom stereocenters. The number of halogens is 6. The van der Waals surface area contributed by atoms with Crippen LogP contribution in [-0.2, 0) is 17.5 Å². The van der Waals surface area contributed by atoms with Gasteiger partial charge in [-0.05, 0) is 25.5 Å². The first-order valence-electron chi connectivity index (χ1n) is 8.43. The van der Waals surface area contributed by atoms with Crippen LogP contribution >= 0.6 is 22.9 Å². The molecule has 0 fully saturated rings. The molecular formula is C17H13ClF5N5O2S. The first-order chi connectivity index (χ1) is 14.3. The maximum absolute atomic E-state index is 13.0. The number of pyridine rings is 1. The molecule has 0 saturated heterocycles. The highest BCUT2D eigenvalue weighted by Crippen LogP contribution is 2.38. The van der Waals surface area contributed by atoms with Gasteiger partial charge in [0.05, 0.1) is 16.4 Å². The minimum Gasteiger partial charge on any atom is -0.365 e. The number of nitrogens with zero attached hydrogens (tertiary/aromatic N) is 3. The Kier molecular flexibility index (Phi) is 5.93. The van der Waals surface area contributed by atoms with Gasteiger partial charge in [0.1, 0.15) is 21.9 Å². The van der Waals surface area contributed by atoms with Gasteiger partial charge in [0.2, 0.25) is 5.91 Å². The summed E-state index contributed by atoms with van der Waals surface area (Å²) in [6.45, 7) is 2.08. The van der Waals surface area contributed by atoms with E-state index < -0.39 is 47.4 Å². The quantitative estimate of drug-likeness (QED) is 0.525. The van der Waals surface area contributed by atoms with Crippen LogP contribution < -0.4 is 11.1 Å². The van der Waals surface area contributed by atoms with E-state index in [1.54, 1.807) is 0 Å². The van der Waals surface area contributed by atoms with Crippen LogP contribution in [0.2, 0.25) is 5.02 Å². The van der Waals surface area contributed by atoms with Crippen molar-refractivity contribution < 1.29 is 31.5 Å². The van der Waals surface area contributed by atoms with Gasteiger partial charge >= 0.3 is 6.18 Å². The lowest BCUT2D eigenvalue weighted by molar-refractivity contribution is -0.141. The SMILES string of the molecule is Cc1cc(C(F)F)nc2sc(C(N)=O)c(NC(=O)Cn3nc(C(F)(F)F)c(Cl)c3C)c12. The van der Waals surface area contributed by atoms with E-state index in [9.17, 15) is 31.5 Å². The molecule has 3 N–H and O–H groups in total. The van der Waals surface area contributed by atoms with Crippen LogP contribution in [-0.4, -0.2) is 26.6 Å². The minimum atomic E-state index is -4.81. The van der Waals surface area contributed by atoms with Crippen molar-refractivity contribution in [2.45, 2.75) is 33.0 Å². The van der Waals surface area contributed by atoms with Gasteiger partial charge in [0.25, 0.3) is 12.3 Å². The third-order valence-electron chi connectivity index (χ3n) is 4.29. The highest BCUT2D eigenvalue weighted by atomic mass is 35.5. The fourth-order valence-electron chi connectivity index (χ4n) is 2.89. The number of hydrogen-bond acceptors (Lipinski definition) is 5. The Hall–Kier alpha value is -2.80. The number of carbonyl (C=O) groups excluding carboxylic acids is 2. The van der Waals surface area contributed by atoms with Crippen molar-refractivity contribution in [3.8, 4) is 0 Å². The third kappa shape index (κ3) is 4.32. The maximum Gasteiger partial charge on any atom is 0.436 e. The molecule has 2 amide bonds. The van der Waals surface area contributed by atoms with Crippen LogP contribution in [0, 0.1) is 13.8 Å². The third-order valence-corrected chi connectivity index (χ3v) is 5.84. The Labute approximate surface area is 180 Å². The van der Waals surface area contributed by atoms with E-state index >= 15 is 0 Å². The van der Waals surface area contributed by atoms with Crippen molar-refractivity contribution in [2.24, 2.45) is 5.73 Å². The molecule has 0 atom stereocenters. The second kappa shape index (κ2) is 8.04. The molecule has 0 radical (unpaired) electrons. The van der Waals surface area contributed by atoms with Crippen molar-refractivity contribution >= 4 is 50.7 Å². The molecule has 0 aliphatic carbocycles. The van der Waals surface area contributed by atoms with Crippen molar-refractivity contribution in [3.05, 3.63) is 38.6 Å². The fraction of sp³-hybridized carbons (Fsp3) is 0.294. The number of primary amides is 1. The standard InChI is InChI=1S/C17H13ClF5N5O2S/c1-5-3-7(14(19)20)25-16-9(5)11(12(31-16)15(24)30)26-8(29)4-28-6(2)10(18)13(27-28)17(21,22)23/h3,14H,4H2,1-2H3,(H2,24,30)(H,26,29). The molecule has 3 heterocycles. The highest BCUT2D eigenvalue weighted by molar-refractivity contribution is 7.21. The number of nitrogens with one attached hydrogen (secondary N) is 1. The number of nitrogens with two attached hydrogens (primary N) is 1. The van der Waals surface area contributed by atoms with Crippen molar-refractivity contribution in [1.82, 2.24) is 14.8 Å². The minimum absolute atomic E-state index is 0.0528. The molecule has 31 heavy (non-hydrogen) atoms. The number of hydrogen-bond donors (Lipinski definition) is 2. The van der Waals surface area contributed by atoms with Crippen LogP contribution in [0.4, 0.5) is 27.6 Å². The number of alkyl halides is 5. The Morgan fingerprint density at radius 2 is 1.97 bits per heavy atom. The number of thiophene rings is 1. The molecule has 3 aromatic rings. The van der Waals surface area contributed by atoms with Gasteiger partial charge in [-0.25, -0.2) is 13.8 Å². The summed E-state index contributed by atoms with van der Waals surface area (Å²) in [7, 11) is 0. The molecule has 3 aromatic heterocycles. The zero-order chi connectivity index (χ0) is 23.2. The predicted molar refractivity (Wildman–Crippen MR) is 103 cm³/mol. The molecular weight excluding hydrogens is 469 g/mol. The number of fused-ring (bicyclic) bond motifs is 1. The van der Waals surface area contributed by atoms with Gasteiger partial charge in [0.15, 0.2) is 5.69 Å². The largest absolute Gasteiger partial charge is 0.436 e. The summed E-state index contributed by atoms with van der Waals surface area (Å²) in [6.07, 6.45) is -7.66. The van der Waals surface area contributed by atoms with Gasteiger partial charge in [-0.1, -0.05) is 11.6 Å². The molecule has 166 valence electrons. The van der Waals surface area contributed by atoms with Gasteiger partial charge in [0, 0.05) is 5.39 Å². The van der Waals surface area contributed by atoms with E-state index in [1.165, 1.54) is 13.8 Å². The van der Waals surface area contributed by atoms with E-state index in [0.717, 1.165) is 10.7 Å². The molecule has 0 bridgehead atoms. The zero-order valence-corrected chi connectivity index (χ0v) is 17.3. The average molecular weight is 482 g/mol. The first-order valence-corrected chi connectivity index (χ1v) is 9.62. The second-order valence-electron chi connectivity index (χ2n) is 6.47. The Bertz CT molecular complexity index is 1200. The predicted octanol–water partition coefficient (Wildman–Crippen LogP) is 4.46. The normalized spacial score (nSPS) is 12.0. The fourth-order valence-corrected chi connectivity index (χ4v) is 4.19. The molecule has 0 spiro atoms. The molecule has 3 rings (SSSR count). The van der Waals surface area contributed by atoms with E-state index in [1.807, 2.05) is 0 Å². The highest BCUT2D eigenvalue weighted by Gasteiger charge is 2.38. The number of aromatic nitrogens is 3. The van der Waals surface area contributed by atoms with E-state index in [-0.39, 0.29) is 26.5 Å². The summed E-state index contributed by atoms with van der Waals surface area (Å²) < 4.78 is 65.7. The van der Waals surface area contributed by atoms with Gasteiger partial charge in [-0.3, -0.25) is 14.3 Å². The number of anilines is 1. The molecule has 0 aliphatic rings. The molecule has 0 aromatic carbocycles. The number of rotatable bonds is 5. The van der Waals surface area contributed by atoms with E-state index in [0.29, 0.717) is 16.9 Å². The lowest BCUT2D eigenvalue weighted by Gasteiger charge is -2.09. The Morgan fingerprint density at radius 1 is 1.32 bits per heavy atom. The van der Waals surface area contributed by atoms with Crippen LogP contribution in [0.3, 0.4) is 0 Å². The monoisotopic (exact) mass is 481 g/mol. The topological polar surface area (TPSA) is 103 Å². The lowest BCUT2D eigenvalue weighted by atomic mass is 10.1. The smallest absolute Gasteiger partial charge is 0.365 e. The molecule has 0 aliphatic heterocycles. The lowest BCUT2D eigenvalue weighted by Crippen LogP contribution is -2.22. The number of carbonyl (C=O) groups is 2. The molecule has 14 heteroatoms. The summed E-state index contributed by atoms with van der Waals surface area (Å²) in [5, 5.41) is 5.32. The first kappa shape index (κ1) is 22.9. The Morgan fingerprint density at radius 3 is 2.48 bits per heavy atom. The average Bonchev–Trinajstić information content (AvgIpc) is 3.14. The summed E-state index contributed by atoms with van der Waals surface area (Å²) >= 11 is 6.38. The zero-order valence-electron chi connectivity index (χ0n) is 15.8. The van der Waals surface area contributed by atoms with E-state index in [4.69, 9.17) is 17.3 Å². The van der Waals surface area contributed by atoms with E-state index in [2.05, 4.69) is 15.4 Å². The van der Waals surface area contributed by atoms with Crippen LogP contribution in [0.15, 0.2) is 6.07 Å². The molecule has 0 saturated carbocycles. The van der Waals surface area contributed by atoms with Crippen molar-refractivity contribution in [3.63, 3.8) is 0 Å². The van der Waals surface area contributed by atoms with Gasteiger partial charge in [-0.15, -0.1) is 11.3 Å². The second-order valence-corrected chi connectivity index (χ2v) is 7.84. The van der Waals surface area contributed by atoms with Crippen LogP contribution in [0.5, 0.6) is 0 Å². The van der Waals surface area contributed by atoms with Crippen LogP contribution in [0.1, 0.15) is 38.7 Å². The maximum atomic E-state index is 13.0. The van der Waals surface area contributed by atoms with Crippen molar-refractivity contribution in [1.29, 1.82) is 0 Å². The van der Waals surface area contributed by atoms with Gasteiger partial charge < -0.3 is 11.1 Å². The van der Waals surface area contributed by atoms with Gasteiger partial charge in [-0.2, -0.15) is 18.3 Å². The molecule has 7 nitrogen and oxygen atoms in total. The summed E-state index contributed by atoms with van der Waals surface area (Å²) in [5.74, 6) is -1.77. The number of amides is 2. The summed E-state index contributed by atoms with van der Waals surface area (Å²) in [4.78, 5) is 28.0. The summed E-state index contributed by atoms with van der Waals surface area (Å²) in [6, 6.07) is 1.10. The van der Waals surface area contributed by atoms with Crippen LogP contribution in [0.25, 0.3) is 10.2 Å². The summed E-state index contributed by atoms with van der Waals surface area (Å²) in [5.41, 5.74) is 3.64. The Balaban J connectivity index is 1.99.